The van der Waals surface area contributed by atoms with Gasteiger partial charge in [-0.15, -0.1) is 0 Å². The Morgan fingerprint density at radius 2 is 2.27 bits per heavy atom. The molecule has 3 rings (SSSR count). The predicted molar refractivity (Wildman–Crippen MR) is 81.7 cm³/mol. The van der Waals surface area contributed by atoms with Gasteiger partial charge in [-0.25, -0.2) is 4.79 Å². The normalized spacial score (nSPS) is 19.4. The molecule has 1 N–H and O–H groups in total. The average molecular weight is 304 g/mol. The molecule has 1 aliphatic rings. The van der Waals surface area contributed by atoms with E-state index < -0.39 is 5.76 Å². The van der Waals surface area contributed by atoms with Gasteiger partial charge in [0, 0.05) is 19.6 Å². The second kappa shape index (κ2) is 6.36. The summed E-state index contributed by atoms with van der Waals surface area (Å²) in [6, 6.07) is 7.20. The van der Waals surface area contributed by atoms with Crippen molar-refractivity contribution in [3.63, 3.8) is 0 Å². The third-order valence-corrected chi connectivity index (χ3v) is 4.05. The number of fused-ring (bicyclic) bond motifs is 1. The number of rotatable bonds is 5. The molecule has 2 atom stereocenters. The lowest BCUT2D eigenvalue weighted by Gasteiger charge is -2.19. The Kier molecular flexibility index (Phi) is 4.29. The van der Waals surface area contributed by atoms with Crippen molar-refractivity contribution in [3.05, 3.63) is 34.8 Å². The van der Waals surface area contributed by atoms with Gasteiger partial charge in [-0.1, -0.05) is 12.1 Å². The number of nitrogens with zero attached hydrogens (tertiary/aromatic N) is 1. The first-order valence-corrected chi connectivity index (χ1v) is 7.64. The molecule has 0 radical (unpaired) electrons. The molecular weight excluding hydrogens is 284 g/mol. The van der Waals surface area contributed by atoms with Crippen LogP contribution in [0.1, 0.15) is 26.2 Å². The van der Waals surface area contributed by atoms with E-state index in [1.54, 1.807) is 6.07 Å². The quantitative estimate of drug-likeness (QED) is 0.912. The van der Waals surface area contributed by atoms with E-state index in [0.29, 0.717) is 17.6 Å². The van der Waals surface area contributed by atoms with Gasteiger partial charge in [0.05, 0.1) is 17.7 Å². The molecule has 1 saturated heterocycles. The van der Waals surface area contributed by atoms with Crippen molar-refractivity contribution in [3.8, 4) is 0 Å². The smallest absolute Gasteiger partial charge is 0.408 e. The van der Waals surface area contributed by atoms with Gasteiger partial charge in [0.15, 0.2) is 5.58 Å². The van der Waals surface area contributed by atoms with E-state index >= 15 is 0 Å². The molecule has 1 aromatic heterocycles. The number of hydrogen-bond acceptors (Lipinski definition) is 4. The van der Waals surface area contributed by atoms with Crippen LogP contribution in [0.3, 0.4) is 0 Å². The number of aryl methyl sites for hydroxylation is 1. The van der Waals surface area contributed by atoms with Crippen LogP contribution < -0.4 is 11.1 Å². The Labute approximate surface area is 128 Å². The van der Waals surface area contributed by atoms with E-state index in [1.165, 1.54) is 4.57 Å². The fourth-order valence-corrected chi connectivity index (χ4v) is 2.86. The fourth-order valence-electron chi connectivity index (χ4n) is 2.86. The van der Waals surface area contributed by atoms with Gasteiger partial charge in [-0.05, 0) is 31.9 Å². The van der Waals surface area contributed by atoms with Crippen molar-refractivity contribution in [2.75, 3.05) is 6.61 Å². The van der Waals surface area contributed by atoms with E-state index in [9.17, 15) is 9.59 Å². The monoisotopic (exact) mass is 304 g/mol. The first-order chi connectivity index (χ1) is 10.6. The minimum absolute atomic E-state index is 0.00665. The van der Waals surface area contributed by atoms with Crippen molar-refractivity contribution in [2.24, 2.45) is 0 Å². The molecule has 1 aliphatic heterocycles. The molecule has 0 saturated carbocycles. The van der Waals surface area contributed by atoms with Gasteiger partial charge in [0.2, 0.25) is 5.91 Å². The fraction of sp³-hybridized carbons (Fsp3) is 0.500. The van der Waals surface area contributed by atoms with Gasteiger partial charge in [-0.3, -0.25) is 9.36 Å². The number of amides is 1. The Morgan fingerprint density at radius 1 is 1.45 bits per heavy atom. The lowest BCUT2D eigenvalue weighted by atomic mass is 10.1. The lowest BCUT2D eigenvalue weighted by Crippen LogP contribution is -2.41. The van der Waals surface area contributed by atoms with Crippen molar-refractivity contribution in [1.82, 2.24) is 9.88 Å². The van der Waals surface area contributed by atoms with Crippen LogP contribution in [0.25, 0.3) is 11.1 Å². The maximum atomic E-state index is 12.0. The van der Waals surface area contributed by atoms with Crippen LogP contribution in [0.2, 0.25) is 0 Å². The highest BCUT2D eigenvalue weighted by Gasteiger charge is 2.23. The molecular formula is C16H20N2O4. The zero-order valence-corrected chi connectivity index (χ0v) is 12.6. The number of ether oxygens (including phenoxy) is 1. The van der Waals surface area contributed by atoms with E-state index in [-0.39, 0.29) is 24.5 Å². The van der Waals surface area contributed by atoms with E-state index in [2.05, 4.69) is 5.32 Å². The van der Waals surface area contributed by atoms with Crippen LogP contribution in [0, 0.1) is 0 Å². The Hall–Kier alpha value is -2.08. The van der Waals surface area contributed by atoms with Crippen LogP contribution in [0.5, 0.6) is 0 Å². The molecule has 1 fully saturated rings. The van der Waals surface area contributed by atoms with Gasteiger partial charge in [0.1, 0.15) is 0 Å². The number of carbonyl (C=O) groups excluding carboxylic acids is 1. The van der Waals surface area contributed by atoms with Crippen LogP contribution >= 0.6 is 0 Å². The Morgan fingerprint density at radius 3 is 3.05 bits per heavy atom. The molecule has 1 aromatic carbocycles. The number of para-hydroxylation sites is 2. The highest BCUT2D eigenvalue weighted by molar-refractivity contribution is 5.77. The standard InChI is InChI=1S/C16H20N2O4/c1-11(13-7-4-10-21-13)17-15(19)8-9-18-12-5-2-3-6-14(12)22-16(18)20/h2-3,5-6,11,13H,4,7-10H2,1H3,(H,17,19)/t11-,13+/m0/s1. The summed E-state index contributed by atoms with van der Waals surface area (Å²) in [6.45, 7) is 3.02. The second-order valence-corrected chi connectivity index (χ2v) is 5.64. The van der Waals surface area contributed by atoms with E-state index in [4.69, 9.17) is 9.15 Å². The molecule has 2 heterocycles. The minimum atomic E-state index is -0.429. The van der Waals surface area contributed by atoms with Crippen LogP contribution in [0.4, 0.5) is 0 Å². The summed E-state index contributed by atoms with van der Waals surface area (Å²) >= 11 is 0. The summed E-state index contributed by atoms with van der Waals surface area (Å²) in [5.74, 6) is -0.513. The van der Waals surface area contributed by atoms with Crippen LogP contribution in [-0.4, -0.2) is 29.2 Å². The Bertz CT molecular complexity index is 712. The summed E-state index contributed by atoms with van der Waals surface area (Å²) in [5.41, 5.74) is 1.26. The van der Waals surface area contributed by atoms with Gasteiger partial charge in [0.25, 0.3) is 0 Å². The third kappa shape index (κ3) is 3.06. The highest BCUT2D eigenvalue weighted by atomic mass is 16.5. The zero-order valence-electron chi connectivity index (χ0n) is 12.6. The summed E-state index contributed by atoms with van der Waals surface area (Å²) in [6.07, 6.45) is 2.36. The van der Waals surface area contributed by atoms with Crippen molar-refractivity contribution >= 4 is 17.0 Å². The lowest BCUT2D eigenvalue weighted by molar-refractivity contribution is -0.122. The molecule has 0 aliphatic carbocycles. The van der Waals surface area contributed by atoms with Crippen molar-refractivity contribution in [2.45, 2.75) is 44.9 Å². The van der Waals surface area contributed by atoms with Crippen molar-refractivity contribution < 1.29 is 13.9 Å². The molecule has 6 heteroatoms. The summed E-state index contributed by atoms with van der Waals surface area (Å²) in [4.78, 5) is 23.9. The summed E-state index contributed by atoms with van der Waals surface area (Å²) < 4.78 is 12.2. The molecule has 1 amide bonds. The molecule has 6 nitrogen and oxygen atoms in total. The number of nitrogens with one attached hydrogen (secondary N) is 1. The van der Waals surface area contributed by atoms with E-state index in [1.807, 2.05) is 25.1 Å². The maximum absolute atomic E-state index is 12.0. The maximum Gasteiger partial charge on any atom is 0.419 e. The molecule has 22 heavy (non-hydrogen) atoms. The zero-order chi connectivity index (χ0) is 15.5. The van der Waals surface area contributed by atoms with Gasteiger partial charge >= 0.3 is 5.76 Å². The summed E-state index contributed by atoms with van der Waals surface area (Å²) in [7, 11) is 0. The van der Waals surface area contributed by atoms with E-state index in [0.717, 1.165) is 19.4 Å². The number of aromatic nitrogens is 1. The number of carbonyl (C=O) groups is 1. The highest BCUT2D eigenvalue weighted by Crippen LogP contribution is 2.15. The van der Waals surface area contributed by atoms with Crippen molar-refractivity contribution in [1.29, 1.82) is 0 Å². The largest absolute Gasteiger partial charge is 0.419 e. The first kappa shape index (κ1) is 14.8. The summed E-state index contributed by atoms with van der Waals surface area (Å²) in [5, 5.41) is 2.94. The molecule has 0 spiro atoms. The second-order valence-electron chi connectivity index (χ2n) is 5.64. The number of oxazole rings is 1. The van der Waals surface area contributed by atoms with Crippen LogP contribution in [0.15, 0.2) is 33.5 Å². The van der Waals surface area contributed by atoms with Gasteiger partial charge < -0.3 is 14.5 Å². The third-order valence-electron chi connectivity index (χ3n) is 4.05. The van der Waals surface area contributed by atoms with Gasteiger partial charge in [-0.2, -0.15) is 0 Å². The van der Waals surface area contributed by atoms with Crippen LogP contribution in [-0.2, 0) is 16.1 Å². The first-order valence-electron chi connectivity index (χ1n) is 7.64. The molecule has 2 aromatic rings. The Balaban J connectivity index is 1.60. The topological polar surface area (TPSA) is 73.5 Å². The predicted octanol–water partition coefficient (Wildman–Crippen LogP) is 1.67. The SMILES string of the molecule is C[C@H](NC(=O)CCn1c(=O)oc2ccccc21)[C@H]1CCCO1. The number of hydrogen-bond donors (Lipinski definition) is 1. The molecule has 0 bridgehead atoms. The molecule has 0 unspecified atom stereocenters. The number of benzene rings is 1. The molecule has 118 valence electrons. The average Bonchev–Trinajstić information content (AvgIpc) is 3.12. The minimum Gasteiger partial charge on any atom is -0.408 e.